The molecule has 0 amide bonds. The van der Waals surface area contributed by atoms with Crippen molar-refractivity contribution in [2.45, 2.75) is 12.1 Å². The molecule has 1 aromatic rings. The van der Waals surface area contributed by atoms with E-state index < -0.39 is 5.97 Å². The number of aromatic nitrogens is 2. The summed E-state index contributed by atoms with van der Waals surface area (Å²) in [5.74, 6) is -0.720. The lowest BCUT2D eigenvalue weighted by Crippen LogP contribution is -3.14. The number of aromatic carboxylic acids is 1. The number of hydrogen-bond donors (Lipinski definition) is 1. The van der Waals surface area contributed by atoms with Crippen LogP contribution < -0.4 is 14.9 Å². The molecule has 1 aliphatic rings. The van der Waals surface area contributed by atoms with Crippen LogP contribution in [0.4, 0.5) is 5.82 Å². The Labute approximate surface area is 116 Å². The van der Waals surface area contributed by atoms with E-state index in [2.05, 4.69) is 16.9 Å². The van der Waals surface area contributed by atoms with Gasteiger partial charge in [0.1, 0.15) is 5.82 Å². The number of anilines is 1. The molecule has 19 heavy (non-hydrogen) atoms. The number of carboxylic acids is 1. The number of nitrogens with zero attached hydrogens (tertiary/aromatic N) is 3. The molecule has 2 heterocycles. The van der Waals surface area contributed by atoms with E-state index in [1.165, 1.54) is 22.9 Å². The Balaban J connectivity index is 2.24. The second kappa shape index (κ2) is 6.21. The van der Waals surface area contributed by atoms with Gasteiger partial charge in [-0.1, -0.05) is 11.8 Å². The van der Waals surface area contributed by atoms with Gasteiger partial charge in [0, 0.05) is 6.20 Å². The second-order valence-corrected chi connectivity index (χ2v) is 5.25. The molecule has 104 valence electrons. The fraction of sp³-hybridized carbons (Fsp3) is 0.583. The minimum atomic E-state index is -1.21. The highest BCUT2D eigenvalue weighted by Crippen LogP contribution is 2.20. The Kier molecular flexibility index (Phi) is 4.60. The van der Waals surface area contributed by atoms with E-state index in [9.17, 15) is 9.90 Å². The smallest absolute Gasteiger partial charge is 0.189 e. The van der Waals surface area contributed by atoms with Crippen LogP contribution in [0.2, 0.25) is 0 Å². The van der Waals surface area contributed by atoms with Crippen LogP contribution >= 0.6 is 11.8 Å². The zero-order valence-electron chi connectivity index (χ0n) is 11.2. The number of likely N-dealkylation sites (N-methyl/N-ethyl adjacent to an activating group) is 1. The maximum Gasteiger partial charge on any atom is 0.189 e. The summed E-state index contributed by atoms with van der Waals surface area (Å²) < 4.78 is 0. The number of rotatable bonds is 4. The molecule has 0 bridgehead atoms. The average molecular weight is 282 g/mol. The number of carbonyl (C=O) groups excluding carboxylic acids is 1. The maximum absolute atomic E-state index is 11.2. The first kappa shape index (κ1) is 14.1. The minimum absolute atomic E-state index is 0.0812. The number of thioether (sulfide) groups is 1. The highest BCUT2D eigenvalue weighted by molar-refractivity contribution is 7.98. The van der Waals surface area contributed by atoms with E-state index in [0.29, 0.717) is 11.0 Å². The fourth-order valence-electron chi connectivity index (χ4n) is 2.23. The highest BCUT2D eigenvalue weighted by Gasteiger charge is 2.22. The first-order valence-corrected chi connectivity index (χ1v) is 7.59. The molecular formula is C12H18N4O2S. The Bertz CT molecular complexity index is 461. The largest absolute Gasteiger partial charge is 0.545 e. The fourth-order valence-corrected chi connectivity index (χ4v) is 2.56. The molecule has 1 aromatic heterocycles. The van der Waals surface area contributed by atoms with Crippen molar-refractivity contribution < 1.29 is 14.8 Å². The van der Waals surface area contributed by atoms with Gasteiger partial charge < -0.3 is 19.7 Å². The number of carbonyl (C=O) groups is 1. The number of hydrogen-bond acceptors (Lipinski definition) is 6. The van der Waals surface area contributed by atoms with E-state index in [1.54, 1.807) is 0 Å². The van der Waals surface area contributed by atoms with Gasteiger partial charge in [-0.3, -0.25) is 0 Å². The van der Waals surface area contributed by atoms with E-state index in [0.717, 1.165) is 32.7 Å². The molecule has 0 saturated carbocycles. The quantitative estimate of drug-likeness (QED) is 0.523. The van der Waals surface area contributed by atoms with Gasteiger partial charge >= 0.3 is 0 Å². The number of carboxylic acid groups (broad SMARTS) is 1. The van der Waals surface area contributed by atoms with Crippen molar-refractivity contribution in [3.63, 3.8) is 0 Å². The van der Waals surface area contributed by atoms with Gasteiger partial charge in [0.05, 0.1) is 44.3 Å². The molecule has 0 unspecified atom stereocenters. The van der Waals surface area contributed by atoms with Gasteiger partial charge in [0.15, 0.2) is 5.16 Å². The van der Waals surface area contributed by atoms with Crippen LogP contribution in [-0.2, 0) is 0 Å². The summed E-state index contributed by atoms with van der Waals surface area (Å²) >= 11 is 1.40. The molecule has 0 aliphatic carbocycles. The molecule has 1 aliphatic heterocycles. The third-order valence-corrected chi connectivity index (χ3v) is 3.98. The summed E-state index contributed by atoms with van der Waals surface area (Å²) in [4.78, 5) is 23.0. The molecule has 7 heteroatoms. The van der Waals surface area contributed by atoms with Crippen molar-refractivity contribution in [2.75, 3.05) is 43.9 Å². The third kappa shape index (κ3) is 3.16. The van der Waals surface area contributed by atoms with Crippen molar-refractivity contribution in [3.8, 4) is 0 Å². The lowest BCUT2D eigenvalue weighted by atomic mass is 10.2. The summed E-state index contributed by atoms with van der Waals surface area (Å²) in [5, 5.41) is 11.7. The molecule has 0 atom stereocenters. The number of quaternary nitrogens is 1. The molecule has 2 rings (SSSR count). The van der Waals surface area contributed by atoms with Crippen LogP contribution in [0.1, 0.15) is 17.3 Å². The van der Waals surface area contributed by atoms with E-state index in [1.807, 2.05) is 11.2 Å². The monoisotopic (exact) mass is 282 g/mol. The van der Waals surface area contributed by atoms with Crippen molar-refractivity contribution in [1.29, 1.82) is 0 Å². The average Bonchev–Trinajstić information content (AvgIpc) is 2.46. The lowest BCUT2D eigenvalue weighted by molar-refractivity contribution is -0.898. The topological polar surface area (TPSA) is 73.6 Å². The Hall–Kier alpha value is -1.34. The standard InChI is InChI=1S/C12H18N4O2S/c1-3-15-4-6-16(7-5-15)10-9(11(17)18)8-13-12(14-10)19-2/h8H,3-7H2,1-2H3,(H,17,18). The highest BCUT2D eigenvalue weighted by atomic mass is 32.2. The SMILES string of the molecule is CC[NH+]1CCN(c2nc(SC)ncc2C(=O)[O-])CC1. The van der Waals surface area contributed by atoms with Crippen LogP contribution in [-0.4, -0.2) is 54.9 Å². The van der Waals surface area contributed by atoms with Crippen LogP contribution in [0, 0.1) is 0 Å². The molecule has 0 spiro atoms. The summed E-state index contributed by atoms with van der Waals surface area (Å²) in [7, 11) is 0. The van der Waals surface area contributed by atoms with Gasteiger partial charge in [-0.05, 0) is 13.2 Å². The lowest BCUT2D eigenvalue weighted by Gasteiger charge is -2.33. The minimum Gasteiger partial charge on any atom is -0.545 e. The van der Waals surface area contributed by atoms with Gasteiger partial charge in [-0.15, -0.1) is 0 Å². The number of piperazine rings is 1. The first-order chi connectivity index (χ1) is 9.15. The third-order valence-electron chi connectivity index (χ3n) is 3.42. The van der Waals surface area contributed by atoms with E-state index >= 15 is 0 Å². The molecule has 6 nitrogen and oxygen atoms in total. The molecule has 1 N–H and O–H groups in total. The Morgan fingerprint density at radius 1 is 1.53 bits per heavy atom. The van der Waals surface area contributed by atoms with Crippen LogP contribution in [0.3, 0.4) is 0 Å². The Morgan fingerprint density at radius 2 is 2.21 bits per heavy atom. The summed E-state index contributed by atoms with van der Waals surface area (Å²) in [5.41, 5.74) is 0.0812. The van der Waals surface area contributed by atoms with Gasteiger partial charge in [0.25, 0.3) is 0 Å². The zero-order valence-corrected chi connectivity index (χ0v) is 12.0. The Morgan fingerprint density at radius 3 is 2.74 bits per heavy atom. The second-order valence-electron chi connectivity index (χ2n) is 4.47. The van der Waals surface area contributed by atoms with E-state index in [-0.39, 0.29) is 5.56 Å². The summed E-state index contributed by atoms with van der Waals surface area (Å²) in [6.45, 7) is 6.89. The van der Waals surface area contributed by atoms with Crippen molar-refractivity contribution >= 4 is 23.5 Å². The molecular weight excluding hydrogens is 264 g/mol. The van der Waals surface area contributed by atoms with Crippen LogP contribution in [0.5, 0.6) is 0 Å². The zero-order chi connectivity index (χ0) is 13.8. The summed E-state index contributed by atoms with van der Waals surface area (Å²) in [6.07, 6.45) is 3.22. The predicted molar refractivity (Wildman–Crippen MR) is 71.6 cm³/mol. The summed E-state index contributed by atoms with van der Waals surface area (Å²) in [6, 6.07) is 0. The van der Waals surface area contributed by atoms with Gasteiger partial charge in [-0.25, -0.2) is 9.97 Å². The molecule has 0 aromatic carbocycles. The molecule has 0 radical (unpaired) electrons. The number of nitrogens with one attached hydrogen (secondary N) is 1. The van der Waals surface area contributed by atoms with Crippen molar-refractivity contribution in [2.24, 2.45) is 0 Å². The molecule has 1 fully saturated rings. The molecule has 1 saturated heterocycles. The predicted octanol–water partition coefficient (Wildman–Crippen LogP) is -1.71. The van der Waals surface area contributed by atoms with E-state index in [4.69, 9.17) is 0 Å². The van der Waals surface area contributed by atoms with Crippen LogP contribution in [0.25, 0.3) is 0 Å². The maximum atomic E-state index is 11.2. The van der Waals surface area contributed by atoms with Crippen LogP contribution in [0.15, 0.2) is 11.4 Å². The normalized spacial score (nSPS) is 16.6. The van der Waals surface area contributed by atoms with Gasteiger partial charge in [-0.2, -0.15) is 0 Å². The first-order valence-electron chi connectivity index (χ1n) is 6.36. The van der Waals surface area contributed by atoms with Crippen molar-refractivity contribution in [1.82, 2.24) is 9.97 Å². The van der Waals surface area contributed by atoms with Gasteiger partial charge in [0.2, 0.25) is 0 Å². The van der Waals surface area contributed by atoms with Crippen molar-refractivity contribution in [3.05, 3.63) is 11.8 Å².